The fourth-order valence-corrected chi connectivity index (χ4v) is 2.66. The minimum Gasteiger partial charge on any atom is -0.330 e. The van der Waals surface area contributed by atoms with E-state index in [-0.39, 0.29) is 5.41 Å². The molecule has 0 spiro atoms. The van der Waals surface area contributed by atoms with Gasteiger partial charge in [0.05, 0.1) is 0 Å². The lowest BCUT2D eigenvalue weighted by Crippen LogP contribution is -2.38. The Morgan fingerprint density at radius 2 is 1.87 bits per heavy atom. The molecule has 0 amide bonds. The molecule has 0 saturated carbocycles. The van der Waals surface area contributed by atoms with Gasteiger partial charge in [0.25, 0.3) is 0 Å². The minimum atomic E-state index is 0.275. The van der Waals surface area contributed by atoms with Crippen LogP contribution in [0.3, 0.4) is 0 Å². The van der Waals surface area contributed by atoms with Crippen LogP contribution < -0.4 is 5.73 Å². The number of hydrogen-bond acceptors (Lipinski definition) is 2. The number of hydrogen-bond donors (Lipinski definition) is 1. The molecule has 0 radical (unpaired) electrons. The third kappa shape index (κ3) is 3.18. The van der Waals surface area contributed by atoms with Crippen LogP contribution in [0.2, 0.25) is 0 Å². The molecular formula is C13H28N2. The van der Waals surface area contributed by atoms with Gasteiger partial charge in [-0.2, -0.15) is 0 Å². The maximum atomic E-state index is 5.79. The molecule has 0 aromatic rings. The van der Waals surface area contributed by atoms with Gasteiger partial charge in [-0.1, -0.05) is 27.7 Å². The van der Waals surface area contributed by atoms with E-state index < -0.39 is 0 Å². The van der Waals surface area contributed by atoms with Crippen molar-refractivity contribution in [2.45, 2.75) is 47.0 Å². The average Bonchev–Trinajstić information content (AvgIpc) is 2.62. The maximum absolute atomic E-state index is 5.79. The summed E-state index contributed by atoms with van der Waals surface area (Å²) in [5.74, 6) is 0. The van der Waals surface area contributed by atoms with Gasteiger partial charge in [0, 0.05) is 13.1 Å². The Balaban J connectivity index is 2.49. The zero-order valence-electron chi connectivity index (χ0n) is 11.0. The molecule has 0 bridgehead atoms. The molecule has 1 saturated heterocycles. The standard InChI is InChI=1S/C13H28N2/c1-5-13(6-2)7-8-15(11-13)10-12(3,4)9-14/h5-11,14H2,1-4H3. The SMILES string of the molecule is CCC1(CC)CCN(CC(C)(C)CN)C1. The summed E-state index contributed by atoms with van der Waals surface area (Å²) >= 11 is 0. The molecule has 0 aliphatic carbocycles. The quantitative estimate of drug-likeness (QED) is 0.758. The first-order valence-electron chi connectivity index (χ1n) is 6.39. The molecule has 15 heavy (non-hydrogen) atoms. The molecule has 0 aromatic heterocycles. The second-order valence-electron chi connectivity index (χ2n) is 6.04. The van der Waals surface area contributed by atoms with Gasteiger partial charge in [-0.05, 0) is 43.2 Å². The highest BCUT2D eigenvalue weighted by Gasteiger charge is 2.36. The zero-order chi connectivity index (χ0) is 11.5. The summed E-state index contributed by atoms with van der Waals surface area (Å²) in [5, 5.41) is 0. The Kier molecular flexibility index (Phi) is 4.19. The summed E-state index contributed by atoms with van der Waals surface area (Å²) in [4.78, 5) is 2.61. The Bertz CT molecular complexity index is 195. The van der Waals surface area contributed by atoms with Gasteiger partial charge >= 0.3 is 0 Å². The fraction of sp³-hybridized carbons (Fsp3) is 1.00. The highest BCUT2D eigenvalue weighted by molar-refractivity contribution is 4.90. The van der Waals surface area contributed by atoms with E-state index in [9.17, 15) is 0 Å². The molecule has 1 aliphatic heterocycles. The summed E-state index contributed by atoms with van der Waals surface area (Å²) in [6.07, 6.45) is 4.02. The third-order valence-corrected chi connectivity index (χ3v) is 4.22. The van der Waals surface area contributed by atoms with E-state index >= 15 is 0 Å². The van der Waals surface area contributed by atoms with Crippen molar-refractivity contribution >= 4 is 0 Å². The Morgan fingerprint density at radius 1 is 1.27 bits per heavy atom. The van der Waals surface area contributed by atoms with Gasteiger partial charge in [0.2, 0.25) is 0 Å². The molecule has 1 heterocycles. The highest BCUT2D eigenvalue weighted by atomic mass is 15.2. The van der Waals surface area contributed by atoms with Crippen LogP contribution in [0.1, 0.15) is 47.0 Å². The summed E-state index contributed by atoms with van der Waals surface area (Å²) < 4.78 is 0. The molecule has 2 heteroatoms. The zero-order valence-corrected chi connectivity index (χ0v) is 11.0. The van der Waals surface area contributed by atoms with Crippen LogP contribution in [0, 0.1) is 10.8 Å². The first kappa shape index (κ1) is 13.0. The number of nitrogens with two attached hydrogens (primary N) is 1. The molecule has 1 rings (SSSR count). The average molecular weight is 212 g/mol. The van der Waals surface area contributed by atoms with Crippen molar-refractivity contribution in [2.24, 2.45) is 16.6 Å². The van der Waals surface area contributed by atoms with Crippen molar-refractivity contribution in [3.05, 3.63) is 0 Å². The minimum absolute atomic E-state index is 0.275. The lowest BCUT2D eigenvalue weighted by Gasteiger charge is -2.31. The van der Waals surface area contributed by atoms with E-state index in [0.29, 0.717) is 5.41 Å². The summed E-state index contributed by atoms with van der Waals surface area (Å²) in [6.45, 7) is 13.7. The van der Waals surface area contributed by atoms with Crippen LogP contribution >= 0.6 is 0 Å². The number of rotatable bonds is 5. The van der Waals surface area contributed by atoms with Crippen LogP contribution in [-0.2, 0) is 0 Å². The number of likely N-dealkylation sites (tertiary alicyclic amines) is 1. The van der Waals surface area contributed by atoms with Gasteiger partial charge < -0.3 is 10.6 Å². The molecular weight excluding hydrogens is 184 g/mol. The second-order valence-corrected chi connectivity index (χ2v) is 6.04. The molecule has 90 valence electrons. The van der Waals surface area contributed by atoms with Crippen molar-refractivity contribution in [3.63, 3.8) is 0 Å². The molecule has 0 aromatic carbocycles. The largest absolute Gasteiger partial charge is 0.330 e. The van der Waals surface area contributed by atoms with Crippen LogP contribution in [0.4, 0.5) is 0 Å². The summed E-state index contributed by atoms with van der Waals surface area (Å²) in [7, 11) is 0. The Morgan fingerprint density at radius 3 is 2.27 bits per heavy atom. The third-order valence-electron chi connectivity index (χ3n) is 4.22. The molecule has 1 fully saturated rings. The highest BCUT2D eigenvalue weighted by Crippen LogP contribution is 2.37. The Hall–Kier alpha value is -0.0800. The van der Waals surface area contributed by atoms with Gasteiger partial charge in [-0.25, -0.2) is 0 Å². The lowest BCUT2D eigenvalue weighted by atomic mass is 9.82. The molecule has 0 unspecified atom stereocenters. The van der Waals surface area contributed by atoms with E-state index in [1.165, 1.54) is 32.4 Å². The summed E-state index contributed by atoms with van der Waals surface area (Å²) in [6, 6.07) is 0. The normalized spacial score (nSPS) is 22.2. The summed E-state index contributed by atoms with van der Waals surface area (Å²) in [5.41, 5.74) is 6.67. The molecule has 1 aliphatic rings. The first-order valence-corrected chi connectivity index (χ1v) is 6.39. The van der Waals surface area contributed by atoms with Crippen molar-refractivity contribution in [2.75, 3.05) is 26.2 Å². The topological polar surface area (TPSA) is 29.3 Å². The maximum Gasteiger partial charge on any atom is 0.00450 e. The Labute approximate surface area is 95.2 Å². The van der Waals surface area contributed by atoms with Crippen molar-refractivity contribution in [1.29, 1.82) is 0 Å². The first-order chi connectivity index (χ1) is 6.97. The molecule has 0 atom stereocenters. The van der Waals surface area contributed by atoms with Crippen LogP contribution in [0.15, 0.2) is 0 Å². The molecule has 2 nitrogen and oxygen atoms in total. The predicted octanol–water partition coefficient (Wildman–Crippen LogP) is 2.48. The lowest BCUT2D eigenvalue weighted by molar-refractivity contribution is 0.183. The van der Waals surface area contributed by atoms with E-state index in [1.54, 1.807) is 0 Å². The van der Waals surface area contributed by atoms with Crippen molar-refractivity contribution in [3.8, 4) is 0 Å². The fourth-order valence-electron chi connectivity index (χ4n) is 2.66. The van der Waals surface area contributed by atoms with Gasteiger partial charge in [0.1, 0.15) is 0 Å². The predicted molar refractivity (Wildman–Crippen MR) is 66.9 cm³/mol. The van der Waals surface area contributed by atoms with Crippen LogP contribution in [0.5, 0.6) is 0 Å². The second kappa shape index (κ2) is 4.84. The monoisotopic (exact) mass is 212 g/mol. The molecule has 2 N–H and O–H groups in total. The van der Waals surface area contributed by atoms with Gasteiger partial charge in [-0.3, -0.25) is 0 Å². The number of nitrogens with zero attached hydrogens (tertiary/aromatic N) is 1. The van der Waals surface area contributed by atoms with Crippen molar-refractivity contribution in [1.82, 2.24) is 4.90 Å². The van der Waals surface area contributed by atoms with Crippen molar-refractivity contribution < 1.29 is 0 Å². The van der Waals surface area contributed by atoms with E-state index in [1.807, 2.05) is 0 Å². The van der Waals surface area contributed by atoms with Crippen LogP contribution in [-0.4, -0.2) is 31.1 Å². The van der Waals surface area contributed by atoms with E-state index in [2.05, 4.69) is 32.6 Å². The van der Waals surface area contributed by atoms with Gasteiger partial charge in [0.15, 0.2) is 0 Å². The van der Waals surface area contributed by atoms with Gasteiger partial charge in [-0.15, -0.1) is 0 Å². The van der Waals surface area contributed by atoms with Crippen LogP contribution in [0.25, 0.3) is 0 Å². The smallest absolute Gasteiger partial charge is 0.00450 e. The van der Waals surface area contributed by atoms with E-state index in [4.69, 9.17) is 5.73 Å². The van der Waals surface area contributed by atoms with E-state index in [0.717, 1.165) is 13.1 Å².